The second kappa shape index (κ2) is 8.95. The molecule has 1 unspecified atom stereocenters. The highest BCUT2D eigenvalue weighted by Gasteiger charge is 2.20. The van der Waals surface area contributed by atoms with Crippen molar-refractivity contribution in [1.29, 1.82) is 0 Å². The van der Waals surface area contributed by atoms with E-state index in [1.165, 1.54) is 4.88 Å². The number of hydrogen-bond acceptors (Lipinski definition) is 5. The molecular weight excluding hydrogens is 320 g/mol. The van der Waals surface area contributed by atoms with Crippen LogP contribution in [-0.2, 0) is 17.8 Å². The summed E-state index contributed by atoms with van der Waals surface area (Å²) in [6.45, 7) is 3.38. The average molecular weight is 342 g/mol. The largest absolute Gasteiger partial charge is 0.384 e. The summed E-state index contributed by atoms with van der Waals surface area (Å²) in [7, 11) is 0. The number of pyridine rings is 1. The van der Waals surface area contributed by atoms with Gasteiger partial charge in [-0.2, -0.15) is 0 Å². The molecule has 0 bridgehead atoms. The maximum atomic E-state index is 8.80. The Morgan fingerprint density at radius 3 is 3.08 bits per heavy atom. The van der Waals surface area contributed by atoms with Crippen molar-refractivity contribution in [2.45, 2.75) is 32.0 Å². The van der Waals surface area contributed by atoms with Gasteiger partial charge in [-0.1, -0.05) is 17.9 Å². The Labute approximate surface area is 147 Å². The Hall–Kier alpha value is -1.71. The van der Waals surface area contributed by atoms with Crippen molar-refractivity contribution in [1.82, 2.24) is 9.88 Å². The van der Waals surface area contributed by atoms with E-state index in [2.05, 4.69) is 33.9 Å². The van der Waals surface area contributed by atoms with Gasteiger partial charge in [-0.05, 0) is 31.0 Å². The first-order chi connectivity index (χ1) is 11.8. The summed E-state index contributed by atoms with van der Waals surface area (Å²) in [5.41, 5.74) is 2.05. The van der Waals surface area contributed by atoms with Crippen molar-refractivity contribution in [2.24, 2.45) is 0 Å². The van der Waals surface area contributed by atoms with E-state index in [0.29, 0.717) is 6.10 Å². The summed E-state index contributed by atoms with van der Waals surface area (Å²) < 4.78 is 5.81. The van der Waals surface area contributed by atoms with Crippen molar-refractivity contribution in [3.8, 4) is 11.8 Å². The van der Waals surface area contributed by atoms with E-state index in [1.54, 1.807) is 11.3 Å². The van der Waals surface area contributed by atoms with Crippen LogP contribution in [0.3, 0.4) is 0 Å². The smallest absolute Gasteiger partial charge is 0.104 e. The highest BCUT2D eigenvalue weighted by Crippen LogP contribution is 2.20. The molecule has 5 heteroatoms. The van der Waals surface area contributed by atoms with Crippen molar-refractivity contribution < 1.29 is 9.84 Å². The van der Waals surface area contributed by atoms with Crippen LogP contribution in [0.4, 0.5) is 0 Å². The van der Waals surface area contributed by atoms with Crippen molar-refractivity contribution in [3.63, 3.8) is 0 Å². The zero-order chi connectivity index (χ0) is 16.6. The van der Waals surface area contributed by atoms with E-state index in [9.17, 15) is 0 Å². The summed E-state index contributed by atoms with van der Waals surface area (Å²) in [5.74, 6) is 5.66. The number of ether oxygens (including phenoxy) is 1. The molecular formula is C19H22N2O2S. The van der Waals surface area contributed by atoms with Crippen LogP contribution >= 0.6 is 11.3 Å². The van der Waals surface area contributed by atoms with E-state index in [1.807, 2.05) is 23.7 Å². The quantitative estimate of drug-likeness (QED) is 0.820. The average Bonchev–Trinajstić information content (AvgIpc) is 3.26. The topological polar surface area (TPSA) is 45.6 Å². The number of hydrogen-bond donors (Lipinski definition) is 1. The number of nitrogens with zero attached hydrogens (tertiary/aromatic N) is 2. The van der Waals surface area contributed by atoms with E-state index in [-0.39, 0.29) is 6.61 Å². The predicted octanol–water partition coefficient (Wildman–Crippen LogP) is 2.67. The molecule has 1 fully saturated rings. The van der Waals surface area contributed by atoms with Gasteiger partial charge in [0.05, 0.1) is 11.8 Å². The number of aliphatic hydroxyl groups excluding tert-OH is 1. The molecule has 1 aliphatic heterocycles. The summed E-state index contributed by atoms with van der Waals surface area (Å²) in [5, 5.41) is 10.8. The van der Waals surface area contributed by atoms with Gasteiger partial charge in [0, 0.05) is 48.3 Å². The predicted molar refractivity (Wildman–Crippen MR) is 95.6 cm³/mol. The monoisotopic (exact) mass is 342 g/mol. The lowest BCUT2D eigenvalue weighted by Crippen LogP contribution is -2.31. The first-order valence-corrected chi connectivity index (χ1v) is 9.12. The Kier molecular flexibility index (Phi) is 6.39. The molecule has 0 aromatic carbocycles. The minimum atomic E-state index is -0.101. The van der Waals surface area contributed by atoms with E-state index >= 15 is 0 Å². The molecule has 0 saturated carbocycles. The lowest BCUT2D eigenvalue weighted by atomic mass is 10.2. The van der Waals surface area contributed by atoms with Crippen molar-refractivity contribution in [2.75, 3.05) is 19.8 Å². The molecule has 0 amide bonds. The standard InChI is InChI=1S/C19H22N2O2S/c22-9-3-5-16-11-19(24-15-16)14-21(13-18-7-4-10-23-18)12-17-6-1-2-8-20-17/h1-2,6,8,11,15,18,22H,4,7,9-10,12-14H2. The van der Waals surface area contributed by atoms with E-state index in [0.717, 1.165) is 50.3 Å². The summed E-state index contributed by atoms with van der Waals surface area (Å²) >= 11 is 1.71. The molecule has 2 aromatic rings. The molecule has 1 aliphatic rings. The lowest BCUT2D eigenvalue weighted by molar-refractivity contribution is 0.0678. The first-order valence-electron chi connectivity index (χ1n) is 8.24. The summed E-state index contributed by atoms with van der Waals surface area (Å²) in [4.78, 5) is 8.12. The van der Waals surface area contributed by atoms with Crippen LogP contribution in [0.1, 0.15) is 29.0 Å². The molecule has 3 heterocycles. The molecule has 0 aliphatic carbocycles. The molecule has 1 N–H and O–H groups in total. The minimum Gasteiger partial charge on any atom is -0.384 e. The van der Waals surface area contributed by atoms with Gasteiger partial charge in [-0.3, -0.25) is 9.88 Å². The van der Waals surface area contributed by atoms with Crippen LogP contribution in [0.2, 0.25) is 0 Å². The normalized spacial score (nSPS) is 17.0. The third-order valence-corrected chi connectivity index (χ3v) is 4.86. The van der Waals surface area contributed by atoms with Gasteiger partial charge in [0.2, 0.25) is 0 Å². The zero-order valence-corrected chi connectivity index (χ0v) is 14.5. The van der Waals surface area contributed by atoms with Crippen molar-refractivity contribution >= 4 is 11.3 Å². The van der Waals surface area contributed by atoms with E-state index < -0.39 is 0 Å². The molecule has 3 rings (SSSR count). The fourth-order valence-electron chi connectivity index (χ4n) is 2.87. The van der Waals surface area contributed by atoms with Gasteiger partial charge in [0.1, 0.15) is 6.61 Å². The molecule has 126 valence electrons. The van der Waals surface area contributed by atoms with Crippen molar-refractivity contribution in [3.05, 3.63) is 52.0 Å². The fraction of sp³-hybridized carbons (Fsp3) is 0.421. The number of rotatable bonds is 6. The van der Waals surface area contributed by atoms with Gasteiger partial charge in [-0.15, -0.1) is 11.3 Å². The highest BCUT2D eigenvalue weighted by molar-refractivity contribution is 7.10. The molecule has 0 spiro atoms. The van der Waals surface area contributed by atoms with Crippen LogP contribution in [0.5, 0.6) is 0 Å². The maximum Gasteiger partial charge on any atom is 0.104 e. The molecule has 0 radical (unpaired) electrons. The molecule has 1 saturated heterocycles. The van der Waals surface area contributed by atoms with E-state index in [4.69, 9.17) is 9.84 Å². The molecule has 24 heavy (non-hydrogen) atoms. The van der Waals surface area contributed by atoms with Gasteiger partial charge in [-0.25, -0.2) is 0 Å². The summed E-state index contributed by atoms with van der Waals surface area (Å²) in [6, 6.07) is 8.14. The zero-order valence-electron chi connectivity index (χ0n) is 13.6. The minimum absolute atomic E-state index is 0.101. The first kappa shape index (κ1) is 17.1. The van der Waals surface area contributed by atoms with Crippen LogP contribution in [-0.4, -0.2) is 40.9 Å². The molecule has 1 atom stereocenters. The number of aromatic nitrogens is 1. The van der Waals surface area contributed by atoms with Crippen LogP contribution in [0, 0.1) is 11.8 Å². The fourth-order valence-corrected chi connectivity index (χ4v) is 3.73. The Morgan fingerprint density at radius 2 is 2.33 bits per heavy atom. The second-order valence-electron chi connectivity index (χ2n) is 5.89. The Morgan fingerprint density at radius 1 is 1.38 bits per heavy atom. The van der Waals surface area contributed by atoms with Crippen LogP contribution in [0.15, 0.2) is 35.8 Å². The molecule has 4 nitrogen and oxygen atoms in total. The number of aliphatic hydroxyl groups is 1. The Balaban J connectivity index is 1.67. The van der Waals surface area contributed by atoms with Gasteiger partial charge >= 0.3 is 0 Å². The Bertz CT molecular complexity index is 684. The van der Waals surface area contributed by atoms with Gasteiger partial charge in [0.15, 0.2) is 0 Å². The number of thiophene rings is 1. The van der Waals surface area contributed by atoms with Gasteiger partial charge < -0.3 is 9.84 Å². The third-order valence-electron chi connectivity index (χ3n) is 3.94. The third kappa shape index (κ3) is 5.15. The second-order valence-corrected chi connectivity index (χ2v) is 6.88. The SMILES string of the molecule is OCC#Cc1csc(CN(Cc2ccccn2)CC2CCCO2)c1. The van der Waals surface area contributed by atoms with Crippen LogP contribution < -0.4 is 0 Å². The summed E-state index contributed by atoms with van der Waals surface area (Å²) in [6.07, 6.45) is 4.45. The lowest BCUT2D eigenvalue weighted by Gasteiger charge is -2.24. The highest BCUT2D eigenvalue weighted by atomic mass is 32.1. The molecule has 2 aromatic heterocycles. The van der Waals surface area contributed by atoms with Gasteiger partial charge in [0.25, 0.3) is 0 Å². The maximum absolute atomic E-state index is 8.80. The van der Waals surface area contributed by atoms with Crippen LogP contribution in [0.25, 0.3) is 0 Å².